The van der Waals surface area contributed by atoms with Crippen LogP contribution in [0.3, 0.4) is 0 Å². The molecule has 0 aliphatic carbocycles. The monoisotopic (exact) mass is 389 g/mol. The van der Waals surface area contributed by atoms with E-state index < -0.39 is 0 Å². The molecule has 0 saturated carbocycles. The number of amides is 2. The first-order valence-corrected chi connectivity index (χ1v) is 9.60. The molecule has 0 aromatic heterocycles. The SMILES string of the molecule is CC(SCC(=O)Nc1ccc(F)cc1)C(=O)Nc1cccc(CN(C)C)c1. The number of nitrogens with one attached hydrogen (secondary N) is 2. The van der Waals surface area contributed by atoms with Crippen molar-refractivity contribution < 1.29 is 14.0 Å². The number of thioether (sulfide) groups is 1. The fraction of sp³-hybridized carbons (Fsp3) is 0.300. The van der Waals surface area contributed by atoms with Gasteiger partial charge in [0, 0.05) is 17.9 Å². The zero-order valence-electron chi connectivity index (χ0n) is 15.7. The maximum Gasteiger partial charge on any atom is 0.237 e. The Labute approximate surface area is 163 Å². The Balaban J connectivity index is 1.81. The molecule has 0 heterocycles. The second-order valence-electron chi connectivity index (χ2n) is 6.44. The molecule has 1 unspecified atom stereocenters. The van der Waals surface area contributed by atoms with Gasteiger partial charge in [0.2, 0.25) is 11.8 Å². The quantitative estimate of drug-likeness (QED) is 0.724. The molecule has 0 bridgehead atoms. The van der Waals surface area contributed by atoms with Gasteiger partial charge in [-0.2, -0.15) is 0 Å². The van der Waals surface area contributed by atoms with Crippen LogP contribution in [0.15, 0.2) is 48.5 Å². The number of hydrogen-bond donors (Lipinski definition) is 2. The highest BCUT2D eigenvalue weighted by Crippen LogP contribution is 2.17. The number of carbonyl (C=O) groups is 2. The van der Waals surface area contributed by atoms with Crippen LogP contribution in [-0.4, -0.2) is 41.8 Å². The van der Waals surface area contributed by atoms with E-state index in [4.69, 9.17) is 0 Å². The predicted octanol–water partition coefficient (Wildman–Crippen LogP) is 3.59. The molecule has 27 heavy (non-hydrogen) atoms. The van der Waals surface area contributed by atoms with Crippen LogP contribution in [0, 0.1) is 5.82 Å². The minimum Gasteiger partial charge on any atom is -0.325 e. The normalized spacial score (nSPS) is 11.9. The fourth-order valence-electron chi connectivity index (χ4n) is 2.36. The summed E-state index contributed by atoms with van der Waals surface area (Å²) in [6, 6.07) is 13.2. The summed E-state index contributed by atoms with van der Waals surface area (Å²) >= 11 is 1.24. The number of halogens is 1. The second kappa shape index (κ2) is 10.1. The maximum absolute atomic E-state index is 12.9. The van der Waals surface area contributed by atoms with Crippen molar-refractivity contribution in [3.05, 3.63) is 59.9 Å². The highest BCUT2D eigenvalue weighted by Gasteiger charge is 2.16. The lowest BCUT2D eigenvalue weighted by Gasteiger charge is -2.14. The second-order valence-corrected chi connectivity index (χ2v) is 7.76. The van der Waals surface area contributed by atoms with Crippen LogP contribution in [-0.2, 0) is 16.1 Å². The van der Waals surface area contributed by atoms with Crippen LogP contribution in [0.25, 0.3) is 0 Å². The summed E-state index contributed by atoms with van der Waals surface area (Å²) < 4.78 is 12.9. The first-order chi connectivity index (χ1) is 12.8. The molecule has 0 aliphatic heterocycles. The van der Waals surface area contributed by atoms with E-state index in [2.05, 4.69) is 15.5 Å². The summed E-state index contributed by atoms with van der Waals surface area (Å²) in [6.45, 7) is 2.55. The van der Waals surface area contributed by atoms with Gasteiger partial charge >= 0.3 is 0 Å². The Bertz CT molecular complexity index is 781. The van der Waals surface area contributed by atoms with Gasteiger partial charge in [-0.05, 0) is 63.0 Å². The van der Waals surface area contributed by atoms with Crippen molar-refractivity contribution in [2.45, 2.75) is 18.7 Å². The van der Waals surface area contributed by atoms with Crippen molar-refractivity contribution in [1.82, 2.24) is 4.90 Å². The number of rotatable bonds is 8. The molecule has 2 rings (SSSR count). The molecule has 1 atom stereocenters. The molecule has 144 valence electrons. The van der Waals surface area contributed by atoms with Crippen molar-refractivity contribution in [3.8, 4) is 0 Å². The summed E-state index contributed by atoms with van der Waals surface area (Å²) in [7, 11) is 3.97. The van der Waals surface area contributed by atoms with Gasteiger partial charge in [-0.1, -0.05) is 12.1 Å². The fourth-order valence-corrected chi connectivity index (χ4v) is 3.05. The predicted molar refractivity (Wildman–Crippen MR) is 109 cm³/mol. The van der Waals surface area contributed by atoms with Crippen molar-refractivity contribution in [2.24, 2.45) is 0 Å². The van der Waals surface area contributed by atoms with Gasteiger partial charge in [0.15, 0.2) is 0 Å². The van der Waals surface area contributed by atoms with Crippen molar-refractivity contribution in [1.29, 1.82) is 0 Å². The van der Waals surface area contributed by atoms with Crippen LogP contribution in [0.2, 0.25) is 0 Å². The van der Waals surface area contributed by atoms with E-state index in [1.165, 1.54) is 36.0 Å². The molecule has 0 fully saturated rings. The topological polar surface area (TPSA) is 61.4 Å². The summed E-state index contributed by atoms with van der Waals surface area (Å²) in [6.07, 6.45) is 0. The number of carbonyl (C=O) groups excluding carboxylic acids is 2. The first kappa shape index (κ1) is 20.9. The number of nitrogens with zero attached hydrogens (tertiary/aromatic N) is 1. The minimum atomic E-state index is -0.388. The number of benzene rings is 2. The van der Waals surface area contributed by atoms with E-state index in [0.717, 1.165) is 17.8 Å². The highest BCUT2D eigenvalue weighted by molar-refractivity contribution is 8.01. The van der Waals surface area contributed by atoms with Gasteiger partial charge in [-0.3, -0.25) is 9.59 Å². The van der Waals surface area contributed by atoms with Crippen LogP contribution in [0.4, 0.5) is 15.8 Å². The zero-order chi connectivity index (χ0) is 19.8. The van der Waals surface area contributed by atoms with Crippen LogP contribution in [0.1, 0.15) is 12.5 Å². The number of hydrogen-bond acceptors (Lipinski definition) is 4. The summed E-state index contributed by atoms with van der Waals surface area (Å²) in [5, 5.41) is 5.17. The molecule has 2 N–H and O–H groups in total. The number of anilines is 2. The molecule has 2 aromatic carbocycles. The van der Waals surface area contributed by atoms with Gasteiger partial charge in [-0.15, -0.1) is 11.8 Å². The van der Waals surface area contributed by atoms with Gasteiger partial charge < -0.3 is 15.5 Å². The van der Waals surface area contributed by atoms with Crippen LogP contribution < -0.4 is 10.6 Å². The maximum atomic E-state index is 12.9. The van der Waals surface area contributed by atoms with E-state index in [0.29, 0.717) is 5.69 Å². The summed E-state index contributed by atoms with van der Waals surface area (Å²) in [4.78, 5) is 26.4. The smallest absolute Gasteiger partial charge is 0.237 e. The van der Waals surface area contributed by atoms with Gasteiger partial charge in [0.25, 0.3) is 0 Å². The molecule has 2 amide bonds. The standard InChI is InChI=1S/C20H24FN3O2S/c1-14(27-13-19(25)22-17-9-7-16(21)8-10-17)20(26)23-18-6-4-5-15(11-18)12-24(2)3/h4-11,14H,12-13H2,1-3H3,(H,22,25)(H,23,26). The Hall–Kier alpha value is -2.38. The van der Waals surface area contributed by atoms with Crippen molar-refractivity contribution in [2.75, 3.05) is 30.5 Å². The summed E-state index contributed by atoms with van der Waals surface area (Å²) in [5.74, 6) is -0.620. The van der Waals surface area contributed by atoms with E-state index in [-0.39, 0.29) is 28.6 Å². The first-order valence-electron chi connectivity index (χ1n) is 8.55. The van der Waals surface area contributed by atoms with Crippen LogP contribution in [0.5, 0.6) is 0 Å². The van der Waals surface area contributed by atoms with E-state index in [1.54, 1.807) is 6.92 Å². The third kappa shape index (κ3) is 7.40. The Morgan fingerprint density at radius 2 is 1.78 bits per heavy atom. The summed E-state index contributed by atoms with van der Waals surface area (Å²) in [5.41, 5.74) is 2.37. The van der Waals surface area contributed by atoms with Crippen molar-refractivity contribution >= 4 is 35.0 Å². The third-order valence-corrected chi connectivity index (χ3v) is 4.80. The molecular weight excluding hydrogens is 365 g/mol. The molecule has 0 spiro atoms. The molecule has 5 nitrogen and oxygen atoms in total. The molecule has 0 saturated heterocycles. The Morgan fingerprint density at radius 3 is 2.44 bits per heavy atom. The minimum absolute atomic E-state index is 0.132. The van der Waals surface area contributed by atoms with E-state index in [1.807, 2.05) is 38.4 Å². The Morgan fingerprint density at radius 1 is 1.07 bits per heavy atom. The third-order valence-electron chi connectivity index (χ3n) is 3.65. The molecule has 7 heteroatoms. The zero-order valence-corrected chi connectivity index (χ0v) is 16.5. The van der Waals surface area contributed by atoms with Gasteiger partial charge in [0.1, 0.15) is 5.82 Å². The van der Waals surface area contributed by atoms with E-state index >= 15 is 0 Å². The van der Waals surface area contributed by atoms with Crippen LogP contribution >= 0.6 is 11.8 Å². The lowest BCUT2D eigenvalue weighted by atomic mass is 10.2. The van der Waals surface area contributed by atoms with Gasteiger partial charge in [0.05, 0.1) is 11.0 Å². The van der Waals surface area contributed by atoms with Crippen molar-refractivity contribution in [3.63, 3.8) is 0 Å². The average Bonchev–Trinajstić information content (AvgIpc) is 2.61. The lowest BCUT2D eigenvalue weighted by molar-refractivity contribution is -0.115. The Kier molecular flexibility index (Phi) is 7.82. The lowest BCUT2D eigenvalue weighted by Crippen LogP contribution is -2.25. The van der Waals surface area contributed by atoms with Gasteiger partial charge in [-0.25, -0.2) is 4.39 Å². The largest absolute Gasteiger partial charge is 0.325 e. The molecule has 2 aromatic rings. The highest BCUT2D eigenvalue weighted by atomic mass is 32.2. The molecule has 0 radical (unpaired) electrons. The average molecular weight is 389 g/mol. The molecular formula is C20H24FN3O2S. The molecule has 0 aliphatic rings. The van der Waals surface area contributed by atoms with E-state index in [9.17, 15) is 14.0 Å².